The summed E-state index contributed by atoms with van der Waals surface area (Å²) in [6.07, 6.45) is 26.0. The molecule has 0 aliphatic heterocycles. The molecule has 0 rings (SSSR count). The molecule has 0 unspecified atom stereocenters. The summed E-state index contributed by atoms with van der Waals surface area (Å²) in [6.45, 7) is 2.23. The van der Waals surface area contributed by atoms with Crippen LogP contribution in [0.3, 0.4) is 0 Å². The van der Waals surface area contributed by atoms with Gasteiger partial charge >= 0.3 is 0 Å². The molecular weight excluding hydrogens is 256 g/mol. The van der Waals surface area contributed by atoms with Crippen LogP contribution in [0.1, 0.15) is 110 Å². The standard InChI is InChI=1S/C20H39O/c1-2-3-4-5-6-7-8-9-10-11-12-13-14-15-16-17-18-19-20-21/h2-3H,4-20H2,1H3. The molecule has 0 aromatic carbocycles. The molecule has 125 valence electrons. The highest BCUT2D eigenvalue weighted by Crippen LogP contribution is 2.13. The predicted molar refractivity (Wildman–Crippen MR) is 94.2 cm³/mol. The Balaban J connectivity index is 2.93. The first-order valence-electron chi connectivity index (χ1n) is 9.61. The topological polar surface area (TPSA) is 19.9 Å². The lowest BCUT2D eigenvalue weighted by atomic mass is 10.0. The van der Waals surface area contributed by atoms with Crippen molar-refractivity contribution in [2.24, 2.45) is 0 Å². The second-order valence-electron chi connectivity index (χ2n) is 6.37. The van der Waals surface area contributed by atoms with E-state index in [1.165, 1.54) is 89.9 Å². The highest BCUT2D eigenvalue weighted by Gasteiger charge is 1.94. The first-order chi connectivity index (χ1) is 10.4. The highest BCUT2D eigenvalue weighted by molar-refractivity contribution is 4.76. The molecule has 0 fully saturated rings. The van der Waals surface area contributed by atoms with Crippen LogP contribution in [-0.2, 0) is 5.11 Å². The summed E-state index contributed by atoms with van der Waals surface area (Å²) in [6, 6.07) is 0. The van der Waals surface area contributed by atoms with E-state index in [2.05, 4.69) is 19.1 Å². The molecular formula is C20H39O. The first-order valence-corrected chi connectivity index (χ1v) is 9.61. The third-order valence-electron chi connectivity index (χ3n) is 4.25. The van der Waals surface area contributed by atoms with Gasteiger partial charge in [-0.25, -0.2) is 5.11 Å². The number of rotatable bonds is 17. The molecule has 0 saturated carbocycles. The maximum Gasteiger partial charge on any atom is 0.0822 e. The molecule has 1 nitrogen and oxygen atoms in total. The molecule has 1 radical (unpaired) electrons. The van der Waals surface area contributed by atoms with Gasteiger partial charge in [0.25, 0.3) is 0 Å². The summed E-state index contributed by atoms with van der Waals surface area (Å²) in [7, 11) is 0. The zero-order chi connectivity index (χ0) is 15.4. The van der Waals surface area contributed by atoms with E-state index in [-0.39, 0.29) is 6.61 Å². The molecule has 0 aliphatic carbocycles. The smallest absolute Gasteiger partial charge is 0.0822 e. The van der Waals surface area contributed by atoms with Gasteiger partial charge in [0.05, 0.1) is 6.61 Å². The lowest BCUT2D eigenvalue weighted by Gasteiger charge is -2.03. The van der Waals surface area contributed by atoms with Gasteiger partial charge < -0.3 is 0 Å². The minimum Gasteiger partial charge on any atom is -0.237 e. The molecule has 21 heavy (non-hydrogen) atoms. The van der Waals surface area contributed by atoms with Crippen LogP contribution >= 0.6 is 0 Å². The summed E-state index contributed by atoms with van der Waals surface area (Å²) in [5.41, 5.74) is 0. The Bertz CT molecular complexity index is 198. The molecule has 0 saturated heterocycles. The zero-order valence-electron chi connectivity index (χ0n) is 14.6. The molecule has 0 aliphatic rings. The lowest BCUT2D eigenvalue weighted by molar-refractivity contribution is 0.186. The van der Waals surface area contributed by atoms with Crippen LogP contribution in [0.15, 0.2) is 12.2 Å². The number of hydrogen-bond acceptors (Lipinski definition) is 0. The molecule has 0 aromatic heterocycles. The van der Waals surface area contributed by atoms with Crippen molar-refractivity contribution in [1.29, 1.82) is 0 Å². The quantitative estimate of drug-likeness (QED) is 0.199. The SMILES string of the molecule is CC=CCCCCCCCCCCCCCCCCC[O]. The fourth-order valence-electron chi connectivity index (χ4n) is 2.83. The summed E-state index contributed by atoms with van der Waals surface area (Å²) in [5, 5.41) is 10.3. The third-order valence-corrected chi connectivity index (χ3v) is 4.25. The minimum absolute atomic E-state index is 0.121. The largest absolute Gasteiger partial charge is 0.237 e. The van der Waals surface area contributed by atoms with Crippen LogP contribution in [0.2, 0.25) is 0 Å². The van der Waals surface area contributed by atoms with Crippen molar-refractivity contribution in [3.8, 4) is 0 Å². The Morgan fingerprint density at radius 3 is 1.19 bits per heavy atom. The Labute approximate surface area is 134 Å². The fraction of sp³-hybridized carbons (Fsp3) is 0.900. The van der Waals surface area contributed by atoms with Crippen LogP contribution in [-0.4, -0.2) is 6.61 Å². The Morgan fingerprint density at radius 2 is 0.857 bits per heavy atom. The van der Waals surface area contributed by atoms with E-state index in [0.29, 0.717) is 0 Å². The zero-order valence-corrected chi connectivity index (χ0v) is 14.6. The molecule has 0 spiro atoms. The van der Waals surface area contributed by atoms with E-state index >= 15 is 0 Å². The summed E-state index contributed by atoms with van der Waals surface area (Å²) in [5.74, 6) is 0. The minimum atomic E-state index is 0.121. The number of allylic oxidation sites excluding steroid dienone is 2. The summed E-state index contributed by atoms with van der Waals surface area (Å²) in [4.78, 5) is 0. The van der Waals surface area contributed by atoms with Gasteiger partial charge in [-0.3, -0.25) is 0 Å². The molecule has 0 amide bonds. The van der Waals surface area contributed by atoms with Crippen LogP contribution < -0.4 is 0 Å². The molecule has 0 atom stereocenters. The van der Waals surface area contributed by atoms with E-state index < -0.39 is 0 Å². The molecule has 0 bridgehead atoms. The second kappa shape index (κ2) is 19.7. The van der Waals surface area contributed by atoms with Crippen LogP contribution in [0.4, 0.5) is 0 Å². The van der Waals surface area contributed by atoms with E-state index in [9.17, 15) is 5.11 Å². The van der Waals surface area contributed by atoms with Gasteiger partial charge in [0.2, 0.25) is 0 Å². The van der Waals surface area contributed by atoms with Crippen LogP contribution in [0.25, 0.3) is 0 Å². The first kappa shape index (κ1) is 20.7. The van der Waals surface area contributed by atoms with Crippen molar-refractivity contribution in [3.63, 3.8) is 0 Å². The van der Waals surface area contributed by atoms with E-state index in [1.807, 2.05) is 0 Å². The normalized spacial score (nSPS) is 11.5. The Kier molecular flexibility index (Phi) is 19.4. The van der Waals surface area contributed by atoms with Crippen molar-refractivity contribution in [2.45, 2.75) is 110 Å². The maximum absolute atomic E-state index is 10.3. The van der Waals surface area contributed by atoms with Crippen molar-refractivity contribution < 1.29 is 5.11 Å². The molecule has 0 heterocycles. The monoisotopic (exact) mass is 295 g/mol. The van der Waals surface area contributed by atoms with E-state index in [1.54, 1.807) is 0 Å². The van der Waals surface area contributed by atoms with Crippen molar-refractivity contribution >= 4 is 0 Å². The van der Waals surface area contributed by atoms with Crippen molar-refractivity contribution in [1.82, 2.24) is 0 Å². The summed E-state index contributed by atoms with van der Waals surface area (Å²) < 4.78 is 0. The fourth-order valence-corrected chi connectivity index (χ4v) is 2.83. The Morgan fingerprint density at radius 1 is 0.524 bits per heavy atom. The van der Waals surface area contributed by atoms with Gasteiger partial charge in [-0.05, 0) is 26.2 Å². The van der Waals surface area contributed by atoms with Gasteiger partial charge in [-0.1, -0.05) is 95.6 Å². The Hall–Kier alpha value is -0.300. The van der Waals surface area contributed by atoms with E-state index in [0.717, 1.165) is 12.8 Å². The maximum atomic E-state index is 10.3. The number of unbranched alkanes of at least 4 members (excludes halogenated alkanes) is 15. The van der Waals surface area contributed by atoms with E-state index in [4.69, 9.17) is 0 Å². The molecule has 1 heteroatoms. The average Bonchev–Trinajstić information content (AvgIpc) is 2.50. The van der Waals surface area contributed by atoms with Crippen LogP contribution in [0.5, 0.6) is 0 Å². The average molecular weight is 296 g/mol. The third kappa shape index (κ3) is 19.7. The second-order valence-corrected chi connectivity index (χ2v) is 6.37. The van der Waals surface area contributed by atoms with Gasteiger partial charge in [0, 0.05) is 0 Å². The van der Waals surface area contributed by atoms with Crippen molar-refractivity contribution in [3.05, 3.63) is 12.2 Å². The molecule has 0 aromatic rings. The number of hydrogen-bond donors (Lipinski definition) is 0. The lowest BCUT2D eigenvalue weighted by Crippen LogP contribution is -1.84. The highest BCUT2D eigenvalue weighted by atomic mass is 16.2. The van der Waals surface area contributed by atoms with Gasteiger partial charge in [0.1, 0.15) is 0 Å². The van der Waals surface area contributed by atoms with Gasteiger partial charge in [-0.15, -0.1) is 0 Å². The summed E-state index contributed by atoms with van der Waals surface area (Å²) >= 11 is 0. The van der Waals surface area contributed by atoms with Gasteiger partial charge in [0.15, 0.2) is 0 Å². The predicted octanol–water partition coefficient (Wildman–Crippen LogP) is 7.23. The van der Waals surface area contributed by atoms with Crippen LogP contribution in [0, 0.1) is 0 Å². The van der Waals surface area contributed by atoms with Gasteiger partial charge in [-0.2, -0.15) is 0 Å². The molecule has 0 N–H and O–H groups in total. The van der Waals surface area contributed by atoms with Crippen molar-refractivity contribution in [2.75, 3.05) is 6.61 Å².